The predicted molar refractivity (Wildman–Crippen MR) is 105 cm³/mol. The number of rotatable bonds is 2. The van der Waals surface area contributed by atoms with Gasteiger partial charge < -0.3 is 9.84 Å². The lowest BCUT2D eigenvalue weighted by Crippen LogP contribution is -2.65. The maximum absolute atomic E-state index is 11.6. The number of esters is 1. The Kier molecular flexibility index (Phi) is 4.66. The number of carbonyl (C=O) groups excluding carboxylic acids is 1. The molecule has 0 aromatic rings. The molecule has 3 aliphatic carbocycles. The molecule has 3 aliphatic rings. The Balaban J connectivity index is 1.99. The van der Waals surface area contributed by atoms with Gasteiger partial charge in [0.2, 0.25) is 0 Å². The minimum absolute atomic E-state index is 0.0133. The maximum atomic E-state index is 11.6. The summed E-state index contributed by atoms with van der Waals surface area (Å²) in [5.74, 6) is 0.945. The fraction of sp³-hybridized carbons (Fsp3) is 0.870. The standard InChI is InChI=1S/C23H38O3/c1-8-22(6)18(25)10-9-17-21(5)13-12-19(26-15(2)24)20(3,4)16(21)11-14-23(17,22)7/h8,16-19,25H,1,9-14H2,2-7H3/t16-,17-,18-,19+,21-,22-,23+/m1/s1. The summed E-state index contributed by atoms with van der Waals surface area (Å²) in [6, 6.07) is 0. The van der Waals surface area contributed by atoms with E-state index in [4.69, 9.17) is 4.74 Å². The number of hydrogen-bond acceptors (Lipinski definition) is 3. The van der Waals surface area contributed by atoms with Crippen LogP contribution >= 0.6 is 0 Å². The molecule has 3 saturated carbocycles. The van der Waals surface area contributed by atoms with Crippen molar-refractivity contribution in [2.24, 2.45) is 33.5 Å². The second kappa shape index (κ2) is 6.09. The Morgan fingerprint density at radius 2 is 1.69 bits per heavy atom. The van der Waals surface area contributed by atoms with Crippen LogP contribution in [0.2, 0.25) is 0 Å². The molecule has 0 spiro atoms. The molecule has 0 radical (unpaired) electrons. The summed E-state index contributed by atoms with van der Waals surface area (Å²) in [4.78, 5) is 11.6. The molecule has 26 heavy (non-hydrogen) atoms. The van der Waals surface area contributed by atoms with E-state index in [1.807, 2.05) is 6.08 Å². The van der Waals surface area contributed by atoms with Gasteiger partial charge in [0.25, 0.3) is 0 Å². The van der Waals surface area contributed by atoms with Crippen LogP contribution in [-0.2, 0) is 9.53 Å². The Bertz CT molecular complexity index is 596. The van der Waals surface area contributed by atoms with E-state index in [1.54, 1.807) is 0 Å². The van der Waals surface area contributed by atoms with Gasteiger partial charge in [-0.15, -0.1) is 6.58 Å². The van der Waals surface area contributed by atoms with Crippen molar-refractivity contribution in [3.8, 4) is 0 Å². The minimum atomic E-state index is -0.299. The van der Waals surface area contributed by atoms with Crippen LogP contribution in [0.3, 0.4) is 0 Å². The summed E-state index contributed by atoms with van der Waals surface area (Å²) in [6.45, 7) is 17.4. The highest BCUT2D eigenvalue weighted by Crippen LogP contribution is 2.71. The Hall–Kier alpha value is -0.830. The van der Waals surface area contributed by atoms with Crippen molar-refractivity contribution in [1.82, 2.24) is 0 Å². The number of aliphatic hydroxyl groups is 1. The smallest absolute Gasteiger partial charge is 0.302 e. The molecule has 0 unspecified atom stereocenters. The Morgan fingerprint density at radius 1 is 1.04 bits per heavy atom. The van der Waals surface area contributed by atoms with Gasteiger partial charge in [-0.2, -0.15) is 0 Å². The van der Waals surface area contributed by atoms with E-state index in [9.17, 15) is 9.90 Å². The van der Waals surface area contributed by atoms with E-state index < -0.39 is 0 Å². The molecule has 3 nitrogen and oxygen atoms in total. The van der Waals surface area contributed by atoms with Crippen LogP contribution in [0, 0.1) is 33.5 Å². The van der Waals surface area contributed by atoms with Gasteiger partial charge in [-0.1, -0.05) is 40.7 Å². The lowest BCUT2D eigenvalue weighted by Gasteiger charge is -2.69. The van der Waals surface area contributed by atoms with Crippen molar-refractivity contribution in [3.05, 3.63) is 12.7 Å². The molecular weight excluding hydrogens is 324 g/mol. The van der Waals surface area contributed by atoms with Gasteiger partial charge in [-0.05, 0) is 61.2 Å². The first-order valence-corrected chi connectivity index (χ1v) is 10.4. The van der Waals surface area contributed by atoms with Crippen molar-refractivity contribution in [3.63, 3.8) is 0 Å². The fourth-order valence-corrected chi connectivity index (χ4v) is 7.61. The van der Waals surface area contributed by atoms with Crippen molar-refractivity contribution in [2.75, 3.05) is 0 Å². The van der Waals surface area contributed by atoms with Crippen LogP contribution in [0.5, 0.6) is 0 Å². The van der Waals surface area contributed by atoms with Gasteiger partial charge >= 0.3 is 5.97 Å². The minimum Gasteiger partial charge on any atom is -0.462 e. The third-order valence-corrected chi connectivity index (χ3v) is 9.37. The number of carbonyl (C=O) groups is 1. The Labute approximate surface area is 159 Å². The molecule has 148 valence electrons. The second-order valence-electron chi connectivity index (χ2n) is 10.6. The quantitative estimate of drug-likeness (QED) is 0.547. The van der Waals surface area contributed by atoms with Crippen LogP contribution in [0.25, 0.3) is 0 Å². The highest BCUT2D eigenvalue weighted by atomic mass is 16.5. The first-order valence-electron chi connectivity index (χ1n) is 10.4. The SMILES string of the molecule is C=C[C@]1(C)[C@H](O)CC[C@@H]2[C@]3(C)CC[C@H](OC(C)=O)C(C)(C)[C@H]3CC[C@@]21C. The monoisotopic (exact) mass is 362 g/mol. The van der Waals surface area contributed by atoms with Crippen molar-refractivity contribution >= 4 is 5.97 Å². The van der Waals surface area contributed by atoms with Crippen LogP contribution in [0.1, 0.15) is 80.1 Å². The van der Waals surface area contributed by atoms with Crippen LogP contribution in [0.15, 0.2) is 12.7 Å². The van der Waals surface area contributed by atoms with Crippen LogP contribution < -0.4 is 0 Å². The number of ether oxygens (including phenoxy) is 1. The lowest BCUT2D eigenvalue weighted by atomic mass is 9.36. The summed E-state index contributed by atoms with van der Waals surface area (Å²) in [5.41, 5.74) is 0.0427. The van der Waals surface area contributed by atoms with Crippen molar-refractivity contribution in [1.29, 1.82) is 0 Å². The van der Waals surface area contributed by atoms with E-state index in [1.165, 1.54) is 6.92 Å². The molecule has 0 amide bonds. The third kappa shape index (κ3) is 2.45. The molecule has 0 heterocycles. The summed E-state index contributed by atoms with van der Waals surface area (Å²) in [5, 5.41) is 10.8. The molecule has 1 N–H and O–H groups in total. The number of fused-ring (bicyclic) bond motifs is 3. The Morgan fingerprint density at radius 3 is 2.27 bits per heavy atom. The summed E-state index contributed by atoms with van der Waals surface area (Å²) in [7, 11) is 0. The van der Waals surface area contributed by atoms with E-state index in [2.05, 4.69) is 41.2 Å². The van der Waals surface area contributed by atoms with Gasteiger partial charge in [-0.25, -0.2) is 0 Å². The van der Waals surface area contributed by atoms with Gasteiger partial charge in [0.05, 0.1) is 6.10 Å². The zero-order valence-corrected chi connectivity index (χ0v) is 17.6. The van der Waals surface area contributed by atoms with E-state index in [0.717, 1.165) is 38.5 Å². The highest BCUT2D eigenvalue weighted by molar-refractivity contribution is 5.66. The predicted octanol–water partition coefficient (Wildman–Crippen LogP) is 5.12. The second-order valence-corrected chi connectivity index (χ2v) is 10.6. The van der Waals surface area contributed by atoms with E-state index >= 15 is 0 Å². The van der Waals surface area contributed by atoms with E-state index in [-0.39, 0.29) is 39.8 Å². The van der Waals surface area contributed by atoms with Crippen LogP contribution in [-0.4, -0.2) is 23.3 Å². The molecule has 0 aromatic carbocycles. The molecular formula is C23H38O3. The zero-order chi connectivity index (χ0) is 19.5. The first-order chi connectivity index (χ1) is 11.9. The molecule has 0 bridgehead atoms. The van der Waals surface area contributed by atoms with Gasteiger partial charge in [0.15, 0.2) is 0 Å². The number of hydrogen-bond donors (Lipinski definition) is 1. The van der Waals surface area contributed by atoms with Crippen molar-refractivity contribution in [2.45, 2.75) is 92.3 Å². The summed E-state index contributed by atoms with van der Waals surface area (Å²) < 4.78 is 5.75. The number of aliphatic hydroxyl groups excluding tert-OH is 1. The molecule has 0 aromatic heterocycles. The fourth-order valence-electron chi connectivity index (χ4n) is 7.61. The molecule has 3 rings (SSSR count). The summed E-state index contributed by atoms with van der Waals surface area (Å²) in [6.07, 6.45) is 7.97. The topological polar surface area (TPSA) is 46.5 Å². The van der Waals surface area contributed by atoms with Crippen molar-refractivity contribution < 1.29 is 14.6 Å². The highest BCUT2D eigenvalue weighted by Gasteiger charge is 2.66. The first kappa shape index (κ1) is 19.9. The lowest BCUT2D eigenvalue weighted by molar-refractivity contribution is -0.227. The molecule has 3 heteroatoms. The van der Waals surface area contributed by atoms with Gasteiger partial charge in [0, 0.05) is 17.8 Å². The van der Waals surface area contributed by atoms with Crippen LogP contribution in [0.4, 0.5) is 0 Å². The average Bonchev–Trinajstić information content (AvgIpc) is 2.54. The average molecular weight is 363 g/mol. The molecule has 3 fully saturated rings. The largest absolute Gasteiger partial charge is 0.462 e. The van der Waals surface area contributed by atoms with Gasteiger partial charge in [-0.3, -0.25) is 4.79 Å². The molecule has 0 aliphatic heterocycles. The van der Waals surface area contributed by atoms with E-state index in [0.29, 0.717) is 11.8 Å². The zero-order valence-electron chi connectivity index (χ0n) is 17.6. The molecule has 7 atom stereocenters. The normalized spacial score (nSPS) is 50.3. The third-order valence-electron chi connectivity index (χ3n) is 9.37. The maximum Gasteiger partial charge on any atom is 0.302 e. The summed E-state index contributed by atoms with van der Waals surface area (Å²) >= 11 is 0. The van der Waals surface area contributed by atoms with Gasteiger partial charge in [0.1, 0.15) is 6.10 Å². The molecule has 0 saturated heterocycles.